The van der Waals surface area contributed by atoms with Crippen LogP contribution in [0.5, 0.6) is 0 Å². The highest BCUT2D eigenvalue weighted by atomic mass is 16.5. The minimum atomic E-state index is 0.00870. The van der Waals surface area contributed by atoms with Crippen LogP contribution >= 0.6 is 0 Å². The van der Waals surface area contributed by atoms with Crippen molar-refractivity contribution in [3.8, 4) is 0 Å². The van der Waals surface area contributed by atoms with Crippen LogP contribution in [0.15, 0.2) is 0 Å². The van der Waals surface area contributed by atoms with Gasteiger partial charge in [0.1, 0.15) is 0 Å². The third-order valence-corrected chi connectivity index (χ3v) is 2.81. The van der Waals surface area contributed by atoms with Gasteiger partial charge in [0.05, 0.1) is 13.2 Å². The van der Waals surface area contributed by atoms with E-state index in [9.17, 15) is 9.59 Å². The van der Waals surface area contributed by atoms with Crippen LogP contribution in [0.25, 0.3) is 0 Å². The van der Waals surface area contributed by atoms with Gasteiger partial charge in [0.15, 0.2) is 0 Å². The average molecular weight is 242 g/mol. The summed E-state index contributed by atoms with van der Waals surface area (Å²) in [5, 5.41) is 2.75. The van der Waals surface area contributed by atoms with Gasteiger partial charge in [-0.25, -0.2) is 0 Å². The number of carbonyl (C=O) groups excluding carboxylic acids is 2. The molecule has 1 rings (SSSR count). The second kappa shape index (κ2) is 8.06. The van der Waals surface area contributed by atoms with Crippen LogP contribution in [0.1, 0.15) is 32.6 Å². The van der Waals surface area contributed by atoms with E-state index in [1.54, 1.807) is 0 Å². The maximum Gasteiger partial charge on any atom is 0.222 e. The number of ether oxygens (including phenoxy) is 1. The van der Waals surface area contributed by atoms with Gasteiger partial charge in [-0.2, -0.15) is 0 Å². The Bertz CT molecular complexity index is 250. The Kier molecular flexibility index (Phi) is 6.62. The topological polar surface area (TPSA) is 58.6 Å². The molecule has 1 fully saturated rings. The Labute approximate surface area is 102 Å². The summed E-state index contributed by atoms with van der Waals surface area (Å²) in [6, 6.07) is 0. The highest BCUT2D eigenvalue weighted by Crippen LogP contribution is 2.05. The lowest BCUT2D eigenvalue weighted by Crippen LogP contribution is -2.40. The van der Waals surface area contributed by atoms with E-state index in [2.05, 4.69) is 5.32 Å². The molecular formula is C12H22N2O3. The highest BCUT2D eigenvalue weighted by molar-refractivity contribution is 5.76. The second-order valence-corrected chi connectivity index (χ2v) is 4.29. The molecule has 17 heavy (non-hydrogen) atoms. The summed E-state index contributed by atoms with van der Waals surface area (Å²) in [5.74, 6) is 0.238. The first kappa shape index (κ1) is 14.0. The number of carbonyl (C=O) groups is 2. The van der Waals surface area contributed by atoms with Crippen LogP contribution in [0, 0.1) is 0 Å². The summed E-state index contributed by atoms with van der Waals surface area (Å²) in [4.78, 5) is 24.2. The van der Waals surface area contributed by atoms with Crippen molar-refractivity contribution in [2.45, 2.75) is 32.6 Å². The normalized spacial score (nSPS) is 15.7. The molecule has 1 aliphatic rings. The largest absolute Gasteiger partial charge is 0.378 e. The van der Waals surface area contributed by atoms with Gasteiger partial charge in [0.2, 0.25) is 11.8 Å². The van der Waals surface area contributed by atoms with Gasteiger partial charge < -0.3 is 15.0 Å². The summed E-state index contributed by atoms with van der Waals surface area (Å²) in [6.45, 7) is 5.00. The van der Waals surface area contributed by atoms with E-state index in [0.29, 0.717) is 26.2 Å². The maximum absolute atomic E-state index is 11.7. The Balaban J connectivity index is 1.98. The van der Waals surface area contributed by atoms with Crippen LogP contribution in [0.3, 0.4) is 0 Å². The predicted molar refractivity (Wildman–Crippen MR) is 64.6 cm³/mol. The Morgan fingerprint density at radius 2 is 1.88 bits per heavy atom. The number of amides is 2. The lowest BCUT2D eigenvalue weighted by atomic mass is 10.1. The first-order valence-corrected chi connectivity index (χ1v) is 6.30. The number of morpholine rings is 1. The molecule has 0 aromatic rings. The molecule has 0 saturated carbocycles. The van der Waals surface area contributed by atoms with Crippen molar-refractivity contribution in [2.24, 2.45) is 0 Å². The van der Waals surface area contributed by atoms with Crippen molar-refractivity contribution in [3.63, 3.8) is 0 Å². The van der Waals surface area contributed by atoms with E-state index in [-0.39, 0.29) is 11.8 Å². The quantitative estimate of drug-likeness (QED) is 0.692. The molecule has 0 unspecified atom stereocenters. The molecule has 0 bridgehead atoms. The minimum absolute atomic E-state index is 0.00870. The van der Waals surface area contributed by atoms with Crippen molar-refractivity contribution < 1.29 is 14.3 Å². The molecule has 0 spiro atoms. The van der Waals surface area contributed by atoms with Crippen molar-refractivity contribution >= 4 is 11.8 Å². The van der Waals surface area contributed by atoms with E-state index in [1.807, 2.05) is 4.90 Å². The lowest BCUT2D eigenvalue weighted by molar-refractivity contribution is -0.135. The fraction of sp³-hybridized carbons (Fsp3) is 0.833. The molecule has 5 nitrogen and oxygen atoms in total. The zero-order valence-corrected chi connectivity index (χ0v) is 10.5. The first-order chi connectivity index (χ1) is 8.20. The van der Waals surface area contributed by atoms with Gasteiger partial charge in [0, 0.05) is 33.0 Å². The third kappa shape index (κ3) is 6.26. The molecule has 0 aromatic carbocycles. The monoisotopic (exact) mass is 242 g/mol. The van der Waals surface area contributed by atoms with Crippen molar-refractivity contribution in [1.29, 1.82) is 0 Å². The standard InChI is InChI=1S/C12H22N2O3/c1-11(15)13-6-4-2-3-5-12(16)14-7-9-17-10-8-14/h2-10H2,1H3,(H,13,15). The van der Waals surface area contributed by atoms with Crippen molar-refractivity contribution in [3.05, 3.63) is 0 Å². The third-order valence-electron chi connectivity index (χ3n) is 2.81. The number of hydrogen-bond donors (Lipinski definition) is 1. The molecule has 0 aliphatic carbocycles. The summed E-state index contributed by atoms with van der Waals surface area (Å²) in [7, 11) is 0. The molecule has 98 valence electrons. The van der Waals surface area contributed by atoms with Gasteiger partial charge >= 0.3 is 0 Å². The zero-order valence-electron chi connectivity index (χ0n) is 10.5. The molecule has 1 heterocycles. The molecule has 1 aliphatic heterocycles. The molecule has 0 radical (unpaired) electrons. The van der Waals surface area contributed by atoms with Crippen LogP contribution in [-0.4, -0.2) is 49.6 Å². The molecule has 0 atom stereocenters. The number of nitrogens with one attached hydrogen (secondary N) is 1. The smallest absolute Gasteiger partial charge is 0.222 e. The van der Waals surface area contributed by atoms with Gasteiger partial charge in [0.25, 0.3) is 0 Å². The molecule has 1 saturated heterocycles. The van der Waals surface area contributed by atoms with Crippen molar-refractivity contribution in [2.75, 3.05) is 32.8 Å². The van der Waals surface area contributed by atoms with Gasteiger partial charge in [-0.1, -0.05) is 6.42 Å². The Morgan fingerprint density at radius 1 is 1.18 bits per heavy atom. The van der Waals surface area contributed by atoms with E-state index in [1.165, 1.54) is 6.92 Å². The lowest BCUT2D eigenvalue weighted by Gasteiger charge is -2.26. The van der Waals surface area contributed by atoms with Gasteiger partial charge in [-0.15, -0.1) is 0 Å². The van der Waals surface area contributed by atoms with Crippen LogP contribution < -0.4 is 5.32 Å². The summed E-state index contributed by atoms with van der Waals surface area (Å²) in [5.41, 5.74) is 0. The van der Waals surface area contributed by atoms with Gasteiger partial charge in [-0.3, -0.25) is 9.59 Å². The van der Waals surface area contributed by atoms with Crippen LogP contribution in [-0.2, 0) is 14.3 Å². The number of nitrogens with zero attached hydrogens (tertiary/aromatic N) is 1. The SMILES string of the molecule is CC(=O)NCCCCCC(=O)N1CCOCC1. The molecule has 2 amide bonds. The van der Waals surface area contributed by atoms with Crippen molar-refractivity contribution in [1.82, 2.24) is 10.2 Å². The van der Waals surface area contributed by atoms with E-state index in [0.717, 1.165) is 32.4 Å². The maximum atomic E-state index is 11.7. The molecule has 5 heteroatoms. The zero-order chi connectivity index (χ0) is 12.5. The van der Waals surface area contributed by atoms with Crippen LogP contribution in [0.4, 0.5) is 0 Å². The Morgan fingerprint density at radius 3 is 2.53 bits per heavy atom. The fourth-order valence-corrected chi connectivity index (χ4v) is 1.81. The highest BCUT2D eigenvalue weighted by Gasteiger charge is 2.15. The summed E-state index contributed by atoms with van der Waals surface area (Å²) < 4.78 is 5.20. The van der Waals surface area contributed by atoms with E-state index < -0.39 is 0 Å². The second-order valence-electron chi connectivity index (χ2n) is 4.29. The van der Waals surface area contributed by atoms with E-state index in [4.69, 9.17) is 4.74 Å². The molecular weight excluding hydrogens is 220 g/mol. The summed E-state index contributed by atoms with van der Waals surface area (Å²) in [6.07, 6.45) is 3.43. The minimum Gasteiger partial charge on any atom is -0.378 e. The number of unbranched alkanes of at least 4 members (excludes halogenated alkanes) is 2. The predicted octanol–water partition coefficient (Wildman–Crippen LogP) is 0.542. The van der Waals surface area contributed by atoms with Gasteiger partial charge in [-0.05, 0) is 12.8 Å². The average Bonchev–Trinajstić information content (AvgIpc) is 2.34. The fourth-order valence-electron chi connectivity index (χ4n) is 1.81. The van der Waals surface area contributed by atoms with Crippen LogP contribution in [0.2, 0.25) is 0 Å². The molecule has 1 N–H and O–H groups in total. The number of hydrogen-bond acceptors (Lipinski definition) is 3. The Hall–Kier alpha value is -1.10. The molecule has 0 aromatic heterocycles. The number of rotatable bonds is 6. The van der Waals surface area contributed by atoms with E-state index >= 15 is 0 Å². The first-order valence-electron chi connectivity index (χ1n) is 6.30. The summed E-state index contributed by atoms with van der Waals surface area (Å²) >= 11 is 0.